The van der Waals surface area contributed by atoms with Gasteiger partial charge >= 0.3 is 6.18 Å². The lowest BCUT2D eigenvalue weighted by Crippen LogP contribution is -2.42. The van der Waals surface area contributed by atoms with Gasteiger partial charge in [-0.3, -0.25) is 9.36 Å². The van der Waals surface area contributed by atoms with Gasteiger partial charge in [0.25, 0.3) is 5.56 Å². The molecule has 0 N–H and O–H groups in total. The Balaban J connectivity index is 1.70. The monoisotopic (exact) mass is 417 g/mol. The lowest BCUT2D eigenvalue weighted by atomic mass is 10.0. The molecule has 1 saturated heterocycles. The summed E-state index contributed by atoms with van der Waals surface area (Å²) in [4.78, 5) is 26.8. The van der Waals surface area contributed by atoms with Crippen molar-refractivity contribution in [1.29, 1.82) is 0 Å². The Hall–Kier alpha value is -3.27. The molecule has 1 aromatic carbocycles. The van der Waals surface area contributed by atoms with Crippen LogP contribution in [0.4, 0.5) is 19.1 Å². The molecule has 30 heavy (non-hydrogen) atoms. The highest BCUT2D eigenvalue weighted by molar-refractivity contribution is 5.55. The van der Waals surface area contributed by atoms with E-state index >= 15 is 0 Å². The first-order valence-electron chi connectivity index (χ1n) is 9.21. The van der Waals surface area contributed by atoms with Crippen molar-refractivity contribution >= 4 is 5.95 Å². The summed E-state index contributed by atoms with van der Waals surface area (Å²) in [7, 11) is 1.57. The number of morpholine rings is 1. The molecule has 0 saturated carbocycles. The lowest BCUT2D eigenvalue weighted by Gasteiger charge is -2.35. The first-order chi connectivity index (χ1) is 14.3. The van der Waals surface area contributed by atoms with Crippen LogP contribution in [0, 0.1) is 0 Å². The molecular weight excluding hydrogens is 399 g/mol. The molecular formula is C20H18F3N5O2. The summed E-state index contributed by atoms with van der Waals surface area (Å²) in [6.45, 7) is 0.712. The maximum absolute atomic E-state index is 13.4. The van der Waals surface area contributed by atoms with E-state index in [0.29, 0.717) is 23.9 Å². The van der Waals surface area contributed by atoms with Crippen molar-refractivity contribution in [1.82, 2.24) is 19.5 Å². The Morgan fingerprint density at radius 3 is 2.70 bits per heavy atom. The predicted molar refractivity (Wildman–Crippen MR) is 103 cm³/mol. The molecule has 4 rings (SSSR count). The summed E-state index contributed by atoms with van der Waals surface area (Å²) < 4.78 is 47.3. The van der Waals surface area contributed by atoms with Crippen molar-refractivity contribution < 1.29 is 17.9 Å². The van der Waals surface area contributed by atoms with E-state index in [9.17, 15) is 18.0 Å². The van der Waals surface area contributed by atoms with Crippen LogP contribution in [0.3, 0.4) is 0 Å². The second kappa shape index (κ2) is 7.86. The molecule has 0 bridgehead atoms. The van der Waals surface area contributed by atoms with Gasteiger partial charge in [-0.15, -0.1) is 0 Å². The number of halogens is 3. The molecule has 0 aliphatic carbocycles. The third-order valence-electron chi connectivity index (χ3n) is 4.92. The minimum Gasteiger partial charge on any atom is -0.370 e. The SMILES string of the molecule is Cn1c(N2CCO[C@H](c3ccccc3C(F)(F)F)C2)nc(-c2ccncn2)cc1=O. The third kappa shape index (κ3) is 3.90. The summed E-state index contributed by atoms with van der Waals surface area (Å²) in [6.07, 6.45) is -2.40. The molecule has 7 nitrogen and oxygen atoms in total. The number of rotatable bonds is 3. The predicted octanol–water partition coefficient (Wildman–Crippen LogP) is 2.83. The van der Waals surface area contributed by atoms with E-state index in [1.54, 1.807) is 30.3 Å². The molecule has 0 radical (unpaired) electrons. The zero-order valence-corrected chi connectivity index (χ0v) is 16.0. The van der Waals surface area contributed by atoms with Crippen LogP contribution in [0.1, 0.15) is 17.2 Å². The average molecular weight is 417 g/mol. The van der Waals surface area contributed by atoms with E-state index in [1.165, 1.54) is 29.1 Å². The molecule has 0 unspecified atom stereocenters. The van der Waals surface area contributed by atoms with E-state index < -0.39 is 17.8 Å². The topological polar surface area (TPSA) is 73.1 Å². The average Bonchev–Trinajstić information content (AvgIpc) is 2.75. The van der Waals surface area contributed by atoms with Gasteiger partial charge in [0.1, 0.15) is 12.4 Å². The van der Waals surface area contributed by atoms with E-state index in [4.69, 9.17) is 4.74 Å². The fourth-order valence-electron chi connectivity index (χ4n) is 3.44. The molecule has 2 aromatic heterocycles. The van der Waals surface area contributed by atoms with Crippen molar-refractivity contribution in [2.75, 3.05) is 24.6 Å². The number of hydrogen-bond donors (Lipinski definition) is 0. The van der Waals surface area contributed by atoms with Crippen LogP contribution in [0.15, 0.2) is 53.7 Å². The van der Waals surface area contributed by atoms with Crippen molar-refractivity contribution in [3.05, 3.63) is 70.4 Å². The quantitative estimate of drug-likeness (QED) is 0.653. The van der Waals surface area contributed by atoms with Gasteiger partial charge in [-0.2, -0.15) is 13.2 Å². The Kier molecular flexibility index (Phi) is 5.25. The maximum Gasteiger partial charge on any atom is 0.416 e. The van der Waals surface area contributed by atoms with Crippen molar-refractivity contribution in [3.8, 4) is 11.4 Å². The summed E-state index contributed by atoms with van der Waals surface area (Å²) in [5, 5.41) is 0. The summed E-state index contributed by atoms with van der Waals surface area (Å²) >= 11 is 0. The number of anilines is 1. The zero-order valence-electron chi connectivity index (χ0n) is 16.0. The summed E-state index contributed by atoms with van der Waals surface area (Å²) in [5.74, 6) is 0.342. The first-order valence-corrected chi connectivity index (χ1v) is 9.21. The minimum atomic E-state index is -4.49. The normalized spacial score (nSPS) is 17.2. The van der Waals surface area contributed by atoms with Crippen LogP contribution >= 0.6 is 0 Å². The van der Waals surface area contributed by atoms with Crippen LogP contribution in [-0.2, 0) is 18.0 Å². The van der Waals surface area contributed by atoms with Crippen molar-refractivity contribution in [2.45, 2.75) is 12.3 Å². The lowest BCUT2D eigenvalue weighted by molar-refractivity contribution is -0.139. The number of nitrogens with zero attached hydrogens (tertiary/aromatic N) is 5. The van der Waals surface area contributed by atoms with Gasteiger partial charge < -0.3 is 9.64 Å². The minimum absolute atomic E-state index is 0.0617. The highest BCUT2D eigenvalue weighted by Crippen LogP contribution is 2.37. The van der Waals surface area contributed by atoms with Crippen LogP contribution in [0.25, 0.3) is 11.4 Å². The van der Waals surface area contributed by atoms with Gasteiger partial charge in [-0.1, -0.05) is 18.2 Å². The Labute approximate surface area is 169 Å². The maximum atomic E-state index is 13.4. The number of benzene rings is 1. The van der Waals surface area contributed by atoms with Gasteiger partial charge in [0.15, 0.2) is 0 Å². The number of ether oxygens (including phenoxy) is 1. The number of aromatic nitrogens is 4. The largest absolute Gasteiger partial charge is 0.416 e. The van der Waals surface area contributed by atoms with Crippen LogP contribution in [0.2, 0.25) is 0 Å². The van der Waals surface area contributed by atoms with Gasteiger partial charge in [-0.05, 0) is 17.7 Å². The fraction of sp³-hybridized carbons (Fsp3) is 0.300. The van der Waals surface area contributed by atoms with E-state index in [0.717, 1.165) is 6.07 Å². The molecule has 1 fully saturated rings. The Morgan fingerprint density at radius 2 is 1.97 bits per heavy atom. The molecule has 10 heteroatoms. The number of hydrogen-bond acceptors (Lipinski definition) is 6. The molecule has 0 spiro atoms. The van der Waals surface area contributed by atoms with E-state index in [1.807, 2.05) is 0 Å². The Bertz CT molecular complexity index is 1100. The molecule has 1 aliphatic rings. The molecule has 0 amide bonds. The number of alkyl halides is 3. The highest BCUT2D eigenvalue weighted by atomic mass is 19.4. The van der Waals surface area contributed by atoms with Crippen molar-refractivity contribution in [3.63, 3.8) is 0 Å². The van der Waals surface area contributed by atoms with Crippen LogP contribution < -0.4 is 10.5 Å². The second-order valence-electron chi connectivity index (χ2n) is 6.82. The first kappa shape index (κ1) is 20.0. The second-order valence-corrected chi connectivity index (χ2v) is 6.82. The summed E-state index contributed by atoms with van der Waals surface area (Å²) in [5.41, 5.74) is -0.113. The molecule has 156 valence electrons. The molecule has 3 aromatic rings. The van der Waals surface area contributed by atoms with Gasteiger partial charge in [-0.25, -0.2) is 15.0 Å². The van der Waals surface area contributed by atoms with Crippen molar-refractivity contribution in [2.24, 2.45) is 7.05 Å². The zero-order chi connectivity index (χ0) is 21.3. The van der Waals surface area contributed by atoms with Crippen LogP contribution in [0.5, 0.6) is 0 Å². The van der Waals surface area contributed by atoms with E-state index in [-0.39, 0.29) is 24.3 Å². The van der Waals surface area contributed by atoms with Gasteiger partial charge in [0, 0.05) is 25.9 Å². The highest BCUT2D eigenvalue weighted by Gasteiger charge is 2.36. The van der Waals surface area contributed by atoms with Crippen LogP contribution in [-0.4, -0.2) is 39.2 Å². The standard InChI is InChI=1S/C20H18F3N5O2/c1-27-18(29)10-16(15-6-7-24-12-25-15)26-19(27)28-8-9-30-17(11-28)13-4-2-3-5-14(13)20(21,22)23/h2-7,10,12,17H,8-9,11H2,1H3/t17-/m0/s1. The summed E-state index contributed by atoms with van der Waals surface area (Å²) in [6, 6.07) is 8.36. The molecule has 1 aliphatic heterocycles. The molecule has 3 heterocycles. The smallest absolute Gasteiger partial charge is 0.370 e. The molecule has 1 atom stereocenters. The third-order valence-corrected chi connectivity index (χ3v) is 4.92. The fourth-order valence-corrected chi connectivity index (χ4v) is 3.44. The van der Waals surface area contributed by atoms with Gasteiger partial charge in [0.2, 0.25) is 5.95 Å². The Morgan fingerprint density at radius 1 is 1.17 bits per heavy atom. The van der Waals surface area contributed by atoms with E-state index in [2.05, 4.69) is 15.0 Å². The van der Waals surface area contributed by atoms with Gasteiger partial charge in [0.05, 0.1) is 30.1 Å².